The Hall–Kier alpha value is -1.12. The Morgan fingerprint density at radius 1 is 0.865 bits per heavy atom. The van der Waals surface area contributed by atoms with Crippen LogP contribution < -0.4 is 4.74 Å². The second-order valence-electron chi connectivity index (χ2n) is 12.7. The molecule has 0 radical (unpaired) electrons. The van der Waals surface area contributed by atoms with Crippen LogP contribution in [0.1, 0.15) is 38.8 Å². The summed E-state index contributed by atoms with van der Waals surface area (Å²) in [5, 5.41) is 0.119. The van der Waals surface area contributed by atoms with Crippen LogP contribution in [-0.4, -0.2) is 56.7 Å². The molecule has 2 aromatic carbocycles. The average Bonchev–Trinajstić information content (AvgIpc) is 2.82. The van der Waals surface area contributed by atoms with Crippen LogP contribution >= 0.6 is 0 Å². The Bertz CT molecular complexity index is 946. The predicted molar refractivity (Wildman–Crippen MR) is 162 cm³/mol. The van der Waals surface area contributed by atoms with Crippen molar-refractivity contribution in [1.29, 1.82) is 0 Å². The van der Waals surface area contributed by atoms with E-state index in [0.29, 0.717) is 6.61 Å². The molecule has 0 N–H and O–H groups in total. The summed E-state index contributed by atoms with van der Waals surface area (Å²) in [6, 6.07) is 18.7. The standard InChI is InChI=1S/C28H41O4Si.3CH3.Sn/c1-22(31-21-24-15-17-25(29-5)18-16-24)14-19-26(30-6)27(20-23-12-10-9-11-13-23)32-33(7,8)28(2,3)4;;;;/h9-19,22,26-27H,6,20-21H2,1-5,7-8H3;3*1H3;/b19-14-;;;;/t22-,26+,27-;;;;/m1..../s1. The van der Waals surface area contributed by atoms with E-state index in [1.54, 1.807) is 7.11 Å². The van der Waals surface area contributed by atoms with E-state index in [2.05, 4.69) is 98.1 Å². The minimum absolute atomic E-state index is 0.0448. The van der Waals surface area contributed by atoms with Gasteiger partial charge in [-0.2, -0.15) is 0 Å². The Balaban J connectivity index is 2.24. The molecule has 206 valence electrons. The van der Waals surface area contributed by atoms with E-state index in [9.17, 15) is 0 Å². The van der Waals surface area contributed by atoms with Crippen molar-refractivity contribution >= 4 is 26.7 Å². The topological polar surface area (TPSA) is 36.9 Å². The summed E-state index contributed by atoms with van der Waals surface area (Å²) < 4.78 is 26.0. The van der Waals surface area contributed by atoms with Gasteiger partial charge in [-0.05, 0) is 0 Å². The van der Waals surface area contributed by atoms with Crippen molar-refractivity contribution in [3.05, 3.63) is 77.9 Å². The van der Waals surface area contributed by atoms with Crippen LogP contribution in [0, 0.1) is 0 Å². The van der Waals surface area contributed by atoms with Crippen LogP contribution in [-0.2, 0) is 26.9 Å². The fraction of sp³-hybridized carbons (Fsp3) is 0.548. The first kappa shape index (κ1) is 32.1. The van der Waals surface area contributed by atoms with Crippen molar-refractivity contribution < 1.29 is 18.6 Å². The Morgan fingerprint density at radius 3 is 2.03 bits per heavy atom. The molecule has 0 heterocycles. The summed E-state index contributed by atoms with van der Waals surface area (Å²) >= 11 is -2.17. The Labute approximate surface area is 231 Å². The third-order valence-corrected chi connectivity index (χ3v) is 14.3. The third-order valence-electron chi connectivity index (χ3n) is 6.85. The van der Waals surface area contributed by atoms with Crippen LogP contribution in [0.5, 0.6) is 5.75 Å². The van der Waals surface area contributed by atoms with Gasteiger partial charge in [-0.3, -0.25) is 0 Å². The summed E-state index contributed by atoms with van der Waals surface area (Å²) in [4.78, 5) is 7.24. The second-order valence-corrected chi connectivity index (χ2v) is 32.9. The van der Waals surface area contributed by atoms with Gasteiger partial charge in [0.15, 0.2) is 0 Å². The molecule has 0 aromatic heterocycles. The van der Waals surface area contributed by atoms with Crippen LogP contribution in [0.15, 0.2) is 66.7 Å². The SMILES string of the molecule is COc1ccc(CO[C@H](C)/C=C\[C@H](O[CH2][Sn]([CH3])([CH3])[CH3])[C@@H](Cc2ccccc2)O[Si](C)(C)C(C)(C)C)cc1. The number of benzene rings is 2. The number of hydrogen-bond acceptors (Lipinski definition) is 4. The van der Waals surface area contributed by atoms with Crippen LogP contribution in [0.25, 0.3) is 0 Å². The molecule has 0 spiro atoms. The molecule has 37 heavy (non-hydrogen) atoms. The fourth-order valence-corrected chi connectivity index (χ4v) is 6.83. The molecule has 2 aromatic rings. The van der Waals surface area contributed by atoms with Crippen LogP contribution in [0.3, 0.4) is 0 Å². The van der Waals surface area contributed by atoms with E-state index in [4.69, 9.17) is 18.6 Å². The first-order chi connectivity index (χ1) is 17.2. The van der Waals surface area contributed by atoms with Crippen molar-refractivity contribution in [3.8, 4) is 5.75 Å². The molecule has 0 saturated heterocycles. The van der Waals surface area contributed by atoms with Gasteiger partial charge in [-0.25, -0.2) is 0 Å². The Kier molecular flexibility index (Phi) is 12.4. The zero-order chi connectivity index (χ0) is 27.7. The normalized spacial score (nSPS) is 15.5. The van der Waals surface area contributed by atoms with Gasteiger partial charge < -0.3 is 4.74 Å². The van der Waals surface area contributed by atoms with Gasteiger partial charge in [0.25, 0.3) is 0 Å². The molecule has 0 aliphatic carbocycles. The average molecular weight is 634 g/mol. The van der Waals surface area contributed by atoms with Crippen molar-refractivity contribution in [1.82, 2.24) is 0 Å². The maximum atomic E-state index is 7.05. The van der Waals surface area contributed by atoms with Gasteiger partial charge in [-0.1, -0.05) is 0 Å². The van der Waals surface area contributed by atoms with Gasteiger partial charge in [0.1, 0.15) is 0 Å². The summed E-state index contributed by atoms with van der Waals surface area (Å²) in [6.07, 6.45) is 4.93. The molecule has 0 saturated carbocycles. The predicted octanol–water partition coefficient (Wildman–Crippen LogP) is 8.05. The van der Waals surface area contributed by atoms with Crippen molar-refractivity contribution in [2.45, 2.75) is 92.0 Å². The zero-order valence-corrected chi connectivity index (χ0v) is 28.7. The first-order valence-corrected chi connectivity index (χ1v) is 27.0. The molecule has 0 fully saturated rings. The van der Waals surface area contributed by atoms with E-state index in [1.165, 1.54) is 5.56 Å². The van der Waals surface area contributed by atoms with E-state index >= 15 is 0 Å². The van der Waals surface area contributed by atoms with Gasteiger partial charge in [0.05, 0.1) is 7.11 Å². The molecule has 6 heteroatoms. The maximum absolute atomic E-state index is 7.05. The molecule has 0 unspecified atom stereocenters. The third kappa shape index (κ3) is 11.7. The quantitative estimate of drug-likeness (QED) is 0.156. The molecule has 3 atom stereocenters. The van der Waals surface area contributed by atoms with E-state index < -0.39 is 26.7 Å². The molecule has 2 rings (SSSR count). The fourth-order valence-electron chi connectivity index (χ4n) is 3.53. The summed E-state index contributed by atoms with van der Waals surface area (Å²) in [6.45, 7) is 14.2. The molecule has 0 aliphatic heterocycles. The van der Waals surface area contributed by atoms with Gasteiger partial charge in [0.2, 0.25) is 0 Å². The number of rotatable bonds is 14. The molecule has 0 bridgehead atoms. The number of methoxy groups -OCH3 is 1. The summed E-state index contributed by atoms with van der Waals surface area (Å²) in [5.41, 5.74) is 2.40. The Morgan fingerprint density at radius 2 is 1.49 bits per heavy atom. The number of hydrogen-bond donors (Lipinski definition) is 0. The summed E-state index contributed by atoms with van der Waals surface area (Å²) in [5.74, 6) is 0.854. The van der Waals surface area contributed by atoms with Crippen LogP contribution in [0.4, 0.5) is 0 Å². The van der Waals surface area contributed by atoms with Crippen molar-refractivity contribution in [3.63, 3.8) is 0 Å². The van der Waals surface area contributed by atoms with E-state index in [1.807, 2.05) is 24.3 Å². The molecule has 4 nitrogen and oxygen atoms in total. The van der Waals surface area contributed by atoms with E-state index in [-0.39, 0.29) is 23.4 Å². The van der Waals surface area contributed by atoms with Gasteiger partial charge in [-0.15, -0.1) is 0 Å². The minimum atomic E-state index is -2.17. The molecular weight excluding hydrogens is 583 g/mol. The van der Waals surface area contributed by atoms with Crippen molar-refractivity contribution in [2.75, 3.05) is 11.7 Å². The zero-order valence-electron chi connectivity index (χ0n) is 24.8. The monoisotopic (exact) mass is 634 g/mol. The summed E-state index contributed by atoms with van der Waals surface area (Å²) in [7, 11) is -0.340. The molecule has 0 aliphatic rings. The molecule has 0 amide bonds. The van der Waals surface area contributed by atoms with Crippen LogP contribution in [0.2, 0.25) is 33.0 Å². The van der Waals surface area contributed by atoms with E-state index in [0.717, 1.165) is 22.4 Å². The first-order valence-electron chi connectivity index (χ1n) is 13.5. The van der Waals surface area contributed by atoms with Gasteiger partial charge >= 0.3 is 221 Å². The molecular formula is C31H50O4SiSn. The second kappa shape index (κ2) is 14.3. The van der Waals surface area contributed by atoms with Gasteiger partial charge in [0, 0.05) is 0 Å². The number of ether oxygens (including phenoxy) is 3. The van der Waals surface area contributed by atoms with Crippen molar-refractivity contribution in [2.24, 2.45) is 0 Å².